The van der Waals surface area contributed by atoms with Crippen molar-refractivity contribution in [2.45, 2.75) is 72.9 Å². The van der Waals surface area contributed by atoms with Gasteiger partial charge in [-0.2, -0.15) is 0 Å². The Morgan fingerprint density at radius 2 is 0.857 bits per heavy atom. The molecule has 28 heavy (non-hydrogen) atoms. The van der Waals surface area contributed by atoms with Gasteiger partial charge in [-0.25, -0.2) is 0 Å². The molecule has 0 aromatic heterocycles. The normalized spacial score (nSPS) is 12.5. The summed E-state index contributed by atoms with van der Waals surface area (Å²) in [4.78, 5) is 0. The SMILES string of the molecule is O=[P+](OCCC(Br)(CCCBr)CCCBr)OCCC(Br)(CCCBr)CCCBr. The average molecular weight is 807 g/mol. The molecule has 0 rings (SSSR count). The summed E-state index contributed by atoms with van der Waals surface area (Å²) in [5.41, 5.74) is 0. The van der Waals surface area contributed by atoms with Gasteiger partial charge in [0, 0.05) is 34.5 Å². The van der Waals surface area contributed by atoms with Crippen LogP contribution in [-0.4, -0.2) is 43.2 Å². The van der Waals surface area contributed by atoms with Crippen molar-refractivity contribution < 1.29 is 13.6 Å². The molecule has 168 valence electrons. The van der Waals surface area contributed by atoms with Crippen LogP contribution in [0.4, 0.5) is 0 Å². The van der Waals surface area contributed by atoms with E-state index in [9.17, 15) is 4.57 Å². The molecule has 0 aliphatic rings. The molecule has 0 bridgehead atoms. The summed E-state index contributed by atoms with van der Waals surface area (Å²) in [5.74, 6) is 0. The third kappa shape index (κ3) is 16.5. The monoisotopic (exact) mass is 801 g/mol. The first kappa shape index (κ1) is 30.9. The Kier molecular flexibility index (Phi) is 21.4. The van der Waals surface area contributed by atoms with Crippen molar-refractivity contribution in [3.63, 3.8) is 0 Å². The number of rotatable bonds is 20. The van der Waals surface area contributed by atoms with Crippen LogP contribution in [0.3, 0.4) is 0 Å². The fourth-order valence-electron chi connectivity index (χ4n) is 2.93. The van der Waals surface area contributed by atoms with Gasteiger partial charge >= 0.3 is 8.25 Å². The van der Waals surface area contributed by atoms with E-state index >= 15 is 0 Å². The Labute approximate surface area is 222 Å². The van der Waals surface area contributed by atoms with Crippen molar-refractivity contribution >= 4 is 104 Å². The highest BCUT2D eigenvalue weighted by Gasteiger charge is 2.31. The van der Waals surface area contributed by atoms with Gasteiger partial charge in [-0.05, 0) is 64.2 Å². The highest BCUT2D eigenvalue weighted by molar-refractivity contribution is 9.10. The van der Waals surface area contributed by atoms with Crippen LogP contribution >= 0.6 is 104 Å². The summed E-state index contributed by atoms with van der Waals surface area (Å²) in [6.07, 6.45) is 10.3. The van der Waals surface area contributed by atoms with Crippen LogP contribution in [0.15, 0.2) is 0 Å². The average Bonchev–Trinajstić information content (AvgIpc) is 2.68. The quantitative estimate of drug-likeness (QED) is 0.0910. The Morgan fingerprint density at radius 1 is 0.571 bits per heavy atom. The molecule has 0 unspecified atom stereocenters. The molecule has 0 amide bonds. The third-order valence-corrected chi connectivity index (χ3v) is 9.94. The van der Waals surface area contributed by atoms with Crippen molar-refractivity contribution in [1.82, 2.24) is 0 Å². The van der Waals surface area contributed by atoms with Crippen LogP contribution in [0, 0.1) is 0 Å². The zero-order chi connectivity index (χ0) is 21.3. The largest absolute Gasteiger partial charge is 0.697 e. The Hall–Kier alpha value is 2.90. The molecule has 3 nitrogen and oxygen atoms in total. The van der Waals surface area contributed by atoms with Gasteiger partial charge in [0.2, 0.25) is 0 Å². The molecule has 0 atom stereocenters. The second kappa shape index (κ2) is 19.4. The van der Waals surface area contributed by atoms with Gasteiger partial charge in [0.1, 0.15) is 13.2 Å². The van der Waals surface area contributed by atoms with Crippen LogP contribution < -0.4 is 0 Å². The minimum atomic E-state index is -2.07. The number of halogens is 6. The predicted octanol–water partition coefficient (Wildman–Crippen LogP) is 9.42. The summed E-state index contributed by atoms with van der Waals surface area (Å²) < 4.78 is 23.2. The molecule has 0 saturated heterocycles. The number of hydrogen-bond donors (Lipinski definition) is 0. The van der Waals surface area contributed by atoms with E-state index in [0.717, 1.165) is 85.5 Å². The molecule has 0 aliphatic carbocycles. The van der Waals surface area contributed by atoms with Crippen LogP contribution in [0.2, 0.25) is 0 Å². The molecule has 0 aromatic carbocycles. The highest BCUT2D eigenvalue weighted by atomic mass is 79.9. The Balaban J connectivity index is 4.26. The predicted molar refractivity (Wildman–Crippen MR) is 144 cm³/mol. The van der Waals surface area contributed by atoms with Gasteiger partial charge in [0.05, 0.1) is 0 Å². The van der Waals surface area contributed by atoms with Crippen molar-refractivity contribution in [2.75, 3.05) is 34.5 Å². The standard InChI is InChI=1S/C18H32Br6O3P/c19-11-1-5-17(23,6-2-12-20)9-15-26-28(25)27-16-10-18(24,7-3-13-21)8-4-14-22/h1-16H2/q+1. The van der Waals surface area contributed by atoms with Gasteiger partial charge in [-0.3, -0.25) is 0 Å². The minimum Gasteiger partial charge on any atom is -0.119 e. The maximum absolute atomic E-state index is 12.1. The fraction of sp³-hybridized carbons (Fsp3) is 1.00. The summed E-state index contributed by atoms with van der Waals surface area (Å²) in [6.45, 7) is 0.884. The summed E-state index contributed by atoms with van der Waals surface area (Å²) >= 11 is 21.8. The van der Waals surface area contributed by atoms with E-state index in [1.54, 1.807) is 0 Å². The lowest BCUT2D eigenvalue weighted by atomic mass is 9.95. The first-order valence-electron chi connectivity index (χ1n) is 9.69. The maximum atomic E-state index is 12.1. The van der Waals surface area contributed by atoms with E-state index in [2.05, 4.69) is 95.6 Å². The first-order chi connectivity index (χ1) is 13.3. The molecule has 0 fully saturated rings. The van der Waals surface area contributed by atoms with Crippen molar-refractivity contribution in [1.29, 1.82) is 0 Å². The molecule has 10 heteroatoms. The molecule has 0 radical (unpaired) electrons. The lowest BCUT2D eigenvalue weighted by Crippen LogP contribution is -2.23. The van der Waals surface area contributed by atoms with E-state index < -0.39 is 8.25 Å². The summed E-state index contributed by atoms with van der Waals surface area (Å²) in [7, 11) is -2.07. The molecule has 0 spiro atoms. The Morgan fingerprint density at radius 3 is 1.11 bits per heavy atom. The van der Waals surface area contributed by atoms with Crippen LogP contribution in [-0.2, 0) is 13.6 Å². The molecular formula is C18H32Br6O3P+. The Bertz CT molecular complexity index is 354. The van der Waals surface area contributed by atoms with Crippen LogP contribution in [0.5, 0.6) is 0 Å². The second-order valence-corrected chi connectivity index (χ2v) is 14.4. The van der Waals surface area contributed by atoms with Crippen LogP contribution in [0.25, 0.3) is 0 Å². The zero-order valence-electron chi connectivity index (χ0n) is 16.3. The fourth-order valence-corrected chi connectivity index (χ4v) is 6.05. The van der Waals surface area contributed by atoms with Gasteiger partial charge < -0.3 is 0 Å². The molecule has 0 saturated carbocycles. The van der Waals surface area contributed by atoms with E-state index in [-0.39, 0.29) is 8.65 Å². The van der Waals surface area contributed by atoms with E-state index in [1.807, 2.05) is 0 Å². The molecule has 0 aromatic rings. The van der Waals surface area contributed by atoms with Crippen molar-refractivity contribution in [3.8, 4) is 0 Å². The van der Waals surface area contributed by atoms with E-state index in [4.69, 9.17) is 9.05 Å². The van der Waals surface area contributed by atoms with Gasteiger partial charge in [-0.15, -0.1) is 9.05 Å². The maximum Gasteiger partial charge on any atom is 0.697 e. The van der Waals surface area contributed by atoms with E-state index in [1.165, 1.54) is 0 Å². The van der Waals surface area contributed by atoms with Gasteiger partial charge in [-0.1, -0.05) is 95.6 Å². The number of hydrogen-bond acceptors (Lipinski definition) is 3. The molecule has 0 heterocycles. The third-order valence-electron chi connectivity index (χ3n) is 4.53. The first-order valence-corrected chi connectivity index (χ1v) is 16.9. The van der Waals surface area contributed by atoms with Gasteiger partial charge in [0.15, 0.2) is 0 Å². The summed E-state index contributed by atoms with van der Waals surface area (Å²) in [6, 6.07) is 0. The minimum absolute atomic E-state index is 0.0427. The smallest absolute Gasteiger partial charge is 0.119 e. The van der Waals surface area contributed by atoms with E-state index in [0.29, 0.717) is 13.2 Å². The lowest BCUT2D eigenvalue weighted by molar-refractivity contribution is 0.205. The summed E-state index contributed by atoms with van der Waals surface area (Å²) in [5, 5.41) is 3.97. The second-order valence-electron chi connectivity index (χ2n) is 6.86. The van der Waals surface area contributed by atoms with Crippen molar-refractivity contribution in [2.24, 2.45) is 0 Å². The van der Waals surface area contributed by atoms with Gasteiger partial charge in [0.25, 0.3) is 0 Å². The molecule has 0 aliphatic heterocycles. The van der Waals surface area contributed by atoms with Crippen LogP contribution in [0.1, 0.15) is 64.2 Å². The molecular weight excluding hydrogens is 775 g/mol. The molecule has 0 N–H and O–H groups in total. The van der Waals surface area contributed by atoms with Crippen molar-refractivity contribution in [3.05, 3.63) is 0 Å². The topological polar surface area (TPSA) is 35.5 Å². The highest BCUT2D eigenvalue weighted by Crippen LogP contribution is 2.37. The number of alkyl halides is 6. The lowest BCUT2D eigenvalue weighted by Gasteiger charge is -2.26. The zero-order valence-corrected chi connectivity index (χ0v) is 26.7.